The summed E-state index contributed by atoms with van der Waals surface area (Å²) in [6.45, 7) is 3.81. The SMILES string of the molecule is O=C(CN(CCN1CCOCC1)C(=O)Nc1c(Cl)cccc1Cl)N(Cc1ccc(F)cc1)Cc1ccco1. The number of rotatable bonds is 10. The molecule has 8 nitrogen and oxygen atoms in total. The Labute approximate surface area is 230 Å². The molecule has 3 amide bonds. The van der Waals surface area contributed by atoms with Crippen molar-refractivity contribution in [1.82, 2.24) is 14.7 Å². The van der Waals surface area contributed by atoms with Crippen molar-refractivity contribution in [3.8, 4) is 0 Å². The van der Waals surface area contributed by atoms with Crippen LogP contribution < -0.4 is 5.32 Å². The third-order valence-corrected chi connectivity index (χ3v) is 6.79. The lowest BCUT2D eigenvalue weighted by molar-refractivity contribution is -0.133. The molecule has 2 heterocycles. The highest BCUT2D eigenvalue weighted by molar-refractivity contribution is 6.39. The van der Waals surface area contributed by atoms with Gasteiger partial charge in [0.15, 0.2) is 0 Å². The van der Waals surface area contributed by atoms with Gasteiger partial charge in [-0.25, -0.2) is 9.18 Å². The van der Waals surface area contributed by atoms with E-state index in [1.165, 1.54) is 23.3 Å². The molecule has 1 fully saturated rings. The van der Waals surface area contributed by atoms with Gasteiger partial charge >= 0.3 is 6.03 Å². The van der Waals surface area contributed by atoms with Gasteiger partial charge in [0.05, 0.1) is 41.8 Å². The number of furan rings is 1. The first-order chi connectivity index (χ1) is 18.4. The van der Waals surface area contributed by atoms with Gasteiger partial charge < -0.3 is 24.3 Å². The smallest absolute Gasteiger partial charge is 0.322 e. The summed E-state index contributed by atoms with van der Waals surface area (Å²) in [6.07, 6.45) is 1.53. The average Bonchev–Trinajstić information content (AvgIpc) is 3.43. The summed E-state index contributed by atoms with van der Waals surface area (Å²) in [5.41, 5.74) is 1.03. The fourth-order valence-corrected chi connectivity index (χ4v) is 4.53. The minimum absolute atomic E-state index is 0.193. The van der Waals surface area contributed by atoms with Crippen LogP contribution in [0.15, 0.2) is 65.3 Å². The number of nitrogens with zero attached hydrogens (tertiary/aromatic N) is 3. The normalized spacial score (nSPS) is 13.8. The van der Waals surface area contributed by atoms with Crippen LogP contribution in [-0.4, -0.2) is 72.6 Å². The minimum atomic E-state index is -0.499. The highest BCUT2D eigenvalue weighted by atomic mass is 35.5. The van der Waals surface area contributed by atoms with Crippen molar-refractivity contribution in [2.45, 2.75) is 13.1 Å². The molecular formula is C27H29Cl2FN4O4. The lowest BCUT2D eigenvalue weighted by Crippen LogP contribution is -2.48. The average molecular weight is 563 g/mol. The number of para-hydroxylation sites is 1. The van der Waals surface area contributed by atoms with Gasteiger partial charge in [-0.3, -0.25) is 9.69 Å². The van der Waals surface area contributed by atoms with Crippen LogP contribution in [0.2, 0.25) is 10.0 Å². The van der Waals surface area contributed by atoms with E-state index >= 15 is 0 Å². The zero-order chi connectivity index (χ0) is 26.9. The van der Waals surface area contributed by atoms with Crippen LogP contribution in [0.5, 0.6) is 0 Å². The largest absolute Gasteiger partial charge is 0.467 e. The monoisotopic (exact) mass is 562 g/mol. The molecule has 2 aromatic carbocycles. The van der Waals surface area contributed by atoms with E-state index < -0.39 is 6.03 Å². The van der Waals surface area contributed by atoms with E-state index in [4.69, 9.17) is 32.4 Å². The summed E-state index contributed by atoms with van der Waals surface area (Å²) >= 11 is 12.5. The number of amides is 3. The standard InChI is InChI=1S/C27H29Cl2FN4O4/c28-23-4-1-5-24(29)26(23)31-27(36)33(11-10-32-12-15-37-16-13-32)19-25(35)34(18-22-3-2-14-38-22)17-20-6-8-21(30)9-7-20/h1-9,14H,10-13,15-19H2,(H,31,36). The fourth-order valence-electron chi connectivity index (χ4n) is 4.04. The molecule has 0 aliphatic carbocycles. The van der Waals surface area contributed by atoms with E-state index in [9.17, 15) is 14.0 Å². The highest BCUT2D eigenvalue weighted by Crippen LogP contribution is 2.30. The van der Waals surface area contributed by atoms with Crippen LogP contribution in [0.3, 0.4) is 0 Å². The molecule has 11 heteroatoms. The molecule has 3 aromatic rings. The quantitative estimate of drug-likeness (QED) is 0.371. The summed E-state index contributed by atoms with van der Waals surface area (Å²) < 4.78 is 24.3. The van der Waals surface area contributed by atoms with Gasteiger partial charge in [0.25, 0.3) is 0 Å². The highest BCUT2D eigenvalue weighted by Gasteiger charge is 2.24. The fraction of sp³-hybridized carbons (Fsp3) is 0.333. The zero-order valence-corrected chi connectivity index (χ0v) is 22.3. The van der Waals surface area contributed by atoms with E-state index in [1.54, 1.807) is 47.4 Å². The Morgan fingerprint density at radius 3 is 2.32 bits per heavy atom. The van der Waals surface area contributed by atoms with Crippen LogP contribution in [0.4, 0.5) is 14.9 Å². The predicted octanol–water partition coefficient (Wildman–Crippen LogP) is 5.12. The first kappa shape index (κ1) is 27.9. The Hall–Kier alpha value is -3.11. The molecule has 38 heavy (non-hydrogen) atoms. The van der Waals surface area contributed by atoms with Gasteiger partial charge in [0.1, 0.15) is 18.1 Å². The number of urea groups is 1. The second kappa shape index (κ2) is 13.6. The van der Waals surface area contributed by atoms with E-state index in [2.05, 4.69) is 10.2 Å². The van der Waals surface area contributed by atoms with Crippen molar-refractivity contribution >= 4 is 40.8 Å². The molecule has 0 atom stereocenters. The van der Waals surface area contributed by atoms with Crippen molar-refractivity contribution in [3.63, 3.8) is 0 Å². The summed E-state index contributed by atoms with van der Waals surface area (Å²) in [5, 5.41) is 3.35. The van der Waals surface area contributed by atoms with Crippen LogP contribution >= 0.6 is 23.2 Å². The Bertz CT molecular complexity index is 1180. The number of carbonyl (C=O) groups is 2. The Morgan fingerprint density at radius 2 is 1.66 bits per heavy atom. The summed E-state index contributed by atoms with van der Waals surface area (Å²) in [7, 11) is 0. The Kier molecular flexibility index (Phi) is 10.0. The molecule has 0 saturated carbocycles. The van der Waals surface area contributed by atoms with E-state index in [-0.39, 0.29) is 37.0 Å². The molecule has 202 valence electrons. The minimum Gasteiger partial charge on any atom is -0.467 e. The second-order valence-electron chi connectivity index (χ2n) is 8.86. The maximum atomic E-state index is 13.6. The van der Waals surface area contributed by atoms with Crippen molar-refractivity contribution in [2.24, 2.45) is 0 Å². The van der Waals surface area contributed by atoms with Crippen molar-refractivity contribution in [3.05, 3.63) is 88.0 Å². The van der Waals surface area contributed by atoms with E-state index in [0.717, 1.165) is 18.7 Å². The van der Waals surface area contributed by atoms with Crippen LogP contribution in [0, 0.1) is 5.82 Å². The van der Waals surface area contributed by atoms with Crippen LogP contribution in [-0.2, 0) is 22.6 Å². The molecular weight excluding hydrogens is 534 g/mol. The number of anilines is 1. The van der Waals surface area contributed by atoms with Crippen molar-refractivity contribution in [1.29, 1.82) is 0 Å². The summed E-state index contributed by atoms with van der Waals surface area (Å²) in [4.78, 5) is 32.2. The molecule has 0 bridgehead atoms. The molecule has 1 saturated heterocycles. The zero-order valence-electron chi connectivity index (χ0n) is 20.7. The third-order valence-electron chi connectivity index (χ3n) is 6.16. The van der Waals surface area contributed by atoms with Gasteiger partial charge in [0.2, 0.25) is 5.91 Å². The first-order valence-corrected chi connectivity index (χ1v) is 13.0. The molecule has 1 aliphatic heterocycles. The number of nitrogens with one attached hydrogen (secondary N) is 1. The number of hydrogen-bond acceptors (Lipinski definition) is 5. The molecule has 0 radical (unpaired) electrons. The number of carbonyl (C=O) groups excluding carboxylic acids is 2. The maximum Gasteiger partial charge on any atom is 0.322 e. The van der Waals surface area contributed by atoms with Gasteiger partial charge in [0, 0.05) is 32.7 Å². The van der Waals surface area contributed by atoms with Crippen molar-refractivity contribution < 1.29 is 23.1 Å². The number of ether oxygens (including phenoxy) is 1. The number of morpholine rings is 1. The second-order valence-corrected chi connectivity index (χ2v) is 9.67. The number of hydrogen-bond donors (Lipinski definition) is 1. The first-order valence-electron chi connectivity index (χ1n) is 12.2. The molecule has 1 aromatic heterocycles. The third kappa shape index (κ3) is 7.94. The van der Waals surface area contributed by atoms with Crippen LogP contribution in [0.1, 0.15) is 11.3 Å². The predicted molar refractivity (Wildman–Crippen MR) is 144 cm³/mol. The van der Waals surface area contributed by atoms with Crippen LogP contribution in [0.25, 0.3) is 0 Å². The molecule has 4 rings (SSSR count). The topological polar surface area (TPSA) is 78.3 Å². The van der Waals surface area contributed by atoms with Gasteiger partial charge in [-0.15, -0.1) is 0 Å². The number of halogens is 3. The van der Waals surface area contributed by atoms with Crippen molar-refractivity contribution in [2.75, 3.05) is 51.3 Å². The molecule has 0 unspecified atom stereocenters. The van der Waals surface area contributed by atoms with Gasteiger partial charge in [-0.05, 0) is 42.0 Å². The maximum absolute atomic E-state index is 13.6. The molecule has 1 N–H and O–H groups in total. The van der Waals surface area contributed by atoms with E-state index in [0.29, 0.717) is 42.1 Å². The lowest BCUT2D eigenvalue weighted by Gasteiger charge is -2.31. The summed E-state index contributed by atoms with van der Waals surface area (Å²) in [6, 6.07) is 13.9. The van der Waals surface area contributed by atoms with E-state index in [1.807, 2.05) is 0 Å². The summed E-state index contributed by atoms with van der Waals surface area (Å²) in [5.74, 6) is -0.0670. The van der Waals surface area contributed by atoms with Gasteiger partial charge in [-0.1, -0.05) is 41.4 Å². The number of benzene rings is 2. The Morgan fingerprint density at radius 1 is 0.947 bits per heavy atom. The van der Waals surface area contributed by atoms with Gasteiger partial charge in [-0.2, -0.15) is 0 Å². The molecule has 0 spiro atoms. The Balaban J connectivity index is 1.51. The lowest BCUT2D eigenvalue weighted by atomic mass is 10.2. The molecule has 1 aliphatic rings.